The number of rotatable bonds is 6. The van der Waals surface area contributed by atoms with Crippen LogP contribution in [0.1, 0.15) is 18.4 Å². The fourth-order valence-corrected chi connectivity index (χ4v) is 3.31. The topological polar surface area (TPSA) is 54.0 Å². The number of hydrogen-bond donors (Lipinski definition) is 2. The largest absolute Gasteiger partial charge is 0.502 e. The van der Waals surface area contributed by atoms with Gasteiger partial charge in [-0.2, -0.15) is 0 Å². The molecule has 1 fully saturated rings. The minimum atomic E-state index is -0.217. The lowest BCUT2D eigenvalue weighted by atomic mass is 10.0. The van der Waals surface area contributed by atoms with E-state index in [9.17, 15) is 9.50 Å². The van der Waals surface area contributed by atoms with E-state index < -0.39 is 0 Å². The number of ether oxygens (including phenoxy) is 2. The molecule has 1 saturated heterocycles. The Labute approximate surface area is 153 Å². The summed E-state index contributed by atoms with van der Waals surface area (Å²) in [5.74, 6) is 0.658. The van der Waals surface area contributed by atoms with E-state index in [1.54, 1.807) is 12.1 Å². The van der Waals surface area contributed by atoms with E-state index in [2.05, 4.69) is 10.2 Å². The molecule has 0 amide bonds. The maximum absolute atomic E-state index is 13.0. The summed E-state index contributed by atoms with van der Waals surface area (Å²) < 4.78 is 23.4. The highest BCUT2D eigenvalue weighted by atomic mass is 19.1. The lowest BCUT2D eigenvalue weighted by Crippen LogP contribution is -2.38. The van der Waals surface area contributed by atoms with Crippen molar-refractivity contribution in [2.45, 2.75) is 25.4 Å². The molecule has 2 N–H and O–H groups in total. The van der Waals surface area contributed by atoms with Crippen LogP contribution in [-0.2, 0) is 6.54 Å². The Morgan fingerprint density at radius 3 is 2.19 bits per heavy atom. The number of nitrogens with zero attached hydrogens (tertiary/aromatic N) is 1. The lowest BCUT2D eigenvalue weighted by molar-refractivity contribution is 0.210. The second kappa shape index (κ2) is 8.27. The van der Waals surface area contributed by atoms with Crippen molar-refractivity contribution < 1.29 is 19.0 Å². The first-order valence-corrected chi connectivity index (χ1v) is 8.77. The Bertz CT molecular complexity index is 703. The van der Waals surface area contributed by atoms with Gasteiger partial charge in [0.25, 0.3) is 0 Å². The molecule has 2 aromatic rings. The molecule has 0 aliphatic carbocycles. The van der Waals surface area contributed by atoms with Gasteiger partial charge in [0.1, 0.15) is 5.82 Å². The van der Waals surface area contributed by atoms with Gasteiger partial charge in [0, 0.05) is 31.4 Å². The lowest BCUT2D eigenvalue weighted by Gasteiger charge is -2.33. The number of nitrogens with one attached hydrogen (secondary N) is 1. The summed E-state index contributed by atoms with van der Waals surface area (Å²) in [4.78, 5) is 2.37. The zero-order valence-electron chi connectivity index (χ0n) is 15.2. The molecule has 1 aliphatic heterocycles. The fraction of sp³-hybridized carbons (Fsp3) is 0.400. The third-order valence-corrected chi connectivity index (χ3v) is 4.75. The highest BCUT2D eigenvalue weighted by Crippen LogP contribution is 2.37. The Kier molecular flexibility index (Phi) is 5.83. The number of hydrogen-bond acceptors (Lipinski definition) is 5. The van der Waals surface area contributed by atoms with Crippen molar-refractivity contribution >= 4 is 5.69 Å². The predicted octanol–water partition coefficient (Wildman–Crippen LogP) is 3.63. The van der Waals surface area contributed by atoms with Crippen LogP contribution in [0.4, 0.5) is 10.1 Å². The molecule has 3 rings (SSSR count). The molecule has 1 heterocycles. The van der Waals surface area contributed by atoms with E-state index in [1.807, 2.05) is 12.1 Å². The van der Waals surface area contributed by atoms with Crippen LogP contribution >= 0.6 is 0 Å². The average molecular weight is 360 g/mol. The van der Waals surface area contributed by atoms with Gasteiger partial charge in [0.2, 0.25) is 5.75 Å². The van der Waals surface area contributed by atoms with Gasteiger partial charge in [-0.25, -0.2) is 4.39 Å². The highest BCUT2D eigenvalue weighted by Gasteiger charge is 2.20. The summed E-state index contributed by atoms with van der Waals surface area (Å²) in [6.45, 7) is 2.70. The molecular weight excluding hydrogens is 335 g/mol. The van der Waals surface area contributed by atoms with Crippen molar-refractivity contribution in [3.05, 3.63) is 47.8 Å². The minimum Gasteiger partial charge on any atom is -0.502 e. The van der Waals surface area contributed by atoms with Crippen LogP contribution in [0.3, 0.4) is 0 Å². The van der Waals surface area contributed by atoms with Crippen LogP contribution in [0.2, 0.25) is 0 Å². The molecule has 0 atom stereocenters. The van der Waals surface area contributed by atoms with E-state index in [1.165, 1.54) is 26.4 Å². The van der Waals surface area contributed by atoms with Crippen molar-refractivity contribution in [2.75, 3.05) is 32.6 Å². The highest BCUT2D eigenvalue weighted by molar-refractivity contribution is 5.52. The molecule has 0 aromatic heterocycles. The van der Waals surface area contributed by atoms with Gasteiger partial charge in [0.15, 0.2) is 11.5 Å². The predicted molar refractivity (Wildman–Crippen MR) is 99.5 cm³/mol. The second-order valence-electron chi connectivity index (χ2n) is 6.55. The summed E-state index contributed by atoms with van der Waals surface area (Å²) in [6.07, 6.45) is 2.04. The SMILES string of the molecule is COc1cc(CN2CCC(Nc3ccc(F)cc3)CC2)cc(OC)c1O. The zero-order valence-corrected chi connectivity index (χ0v) is 15.2. The molecule has 2 aromatic carbocycles. The maximum Gasteiger partial charge on any atom is 0.200 e. The Morgan fingerprint density at radius 2 is 1.65 bits per heavy atom. The number of methoxy groups -OCH3 is 2. The smallest absolute Gasteiger partial charge is 0.200 e. The van der Waals surface area contributed by atoms with Crippen molar-refractivity contribution in [1.82, 2.24) is 4.90 Å². The molecule has 140 valence electrons. The number of aromatic hydroxyl groups is 1. The molecule has 0 radical (unpaired) electrons. The Morgan fingerprint density at radius 1 is 1.08 bits per heavy atom. The van der Waals surface area contributed by atoms with E-state index in [-0.39, 0.29) is 11.6 Å². The first kappa shape index (κ1) is 18.3. The van der Waals surface area contributed by atoms with Crippen LogP contribution in [0, 0.1) is 5.82 Å². The van der Waals surface area contributed by atoms with Crippen molar-refractivity contribution in [1.29, 1.82) is 0 Å². The van der Waals surface area contributed by atoms with E-state index in [4.69, 9.17) is 9.47 Å². The number of halogens is 1. The number of piperidine rings is 1. The van der Waals surface area contributed by atoms with Crippen LogP contribution in [0.15, 0.2) is 36.4 Å². The normalized spacial score (nSPS) is 15.7. The van der Waals surface area contributed by atoms with Crippen LogP contribution in [0.25, 0.3) is 0 Å². The number of phenolic OH excluding ortho intramolecular Hbond substituents is 1. The van der Waals surface area contributed by atoms with Crippen LogP contribution in [-0.4, -0.2) is 43.4 Å². The number of likely N-dealkylation sites (tertiary alicyclic amines) is 1. The van der Waals surface area contributed by atoms with Gasteiger partial charge in [-0.05, 0) is 54.8 Å². The van der Waals surface area contributed by atoms with Gasteiger partial charge >= 0.3 is 0 Å². The van der Waals surface area contributed by atoms with Gasteiger partial charge in [0.05, 0.1) is 14.2 Å². The maximum atomic E-state index is 13.0. The number of phenols is 1. The van der Waals surface area contributed by atoms with Crippen LogP contribution < -0.4 is 14.8 Å². The standard InChI is InChI=1S/C20H25FN2O3/c1-25-18-11-14(12-19(26-2)20(18)24)13-23-9-7-17(8-10-23)22-16-5-3-15(21)4-6-16/h3-6,11-12,17,22,24H,7-10,13H2,1-2H3. The summed E-state index contributed by atoms with van der Waals surface area (Å²) in [6, 6.07) is 10.6. The Hall–Kier alpha value is -2.47. The van der Waals surface area contributed by atoms with Crippen molar-refractivity contribution in [3.63, 3.8) is 0 Å². The van der Waals surface area contributed by atoms with Crippen molar-refractivity contribution in [3.8, 4) is 17.2 Å². The monoisotopic (exact) mass is 360 g/mol. The number of anilines is 1. The molecule has 0 spiro atoms. The quantitative estimate of drug-likeness (QED) is 0.824. The average Bonchev–Trinajstić information content (AvgIpc) is 2.66. The second-order valence-corrected chi connectivity index (χ2v) is 6.55. The summed E-state index contributed by atoms with van der Waals surface area (Å²) in [5, 5.41) is 13.5. The van der Waals surface area contributed by atoms with Crippen molar-refractivity contribution in [2.24, 2.45) is 0 Å². The number of benzene rings is 2. The third kappa shape index (κ3) is 4.38. The van der Waals surface area contributed by atoms with Gasteiger partial charge < -0.3 is 19.9 Å². The summed E-state index contributed by atoms with van der Waals surface area (Å²) >= 11 is 0. The van der Waals surface area contributed by atoms with E-state index in [0.29, 0.717) is 17.5 Å². The van der Waals surface area contributed by atoms with Crippen LogP contribution in [0.5, 0.6) is 17.2 Å². The molecule has 6 heteroatoms. The molecule has 0 saturated carbocycles. The molecule has 26 heavy (non-hydrogen) atoms. The molecule has 0 bridgehead atoms. The van der Waals surface area contributed by atoms with E-state index in [0.717, 1.165) is 43.7 Å². The summed E-state index contributed by atoms with van der Waals surface area (Å²) in [5.41, 5.74) is 2.00. The van der Waals surface area contributed by atoms with Gasteiger partial charge in [-0.15, -0.1) is 0 Å². The molecule has 1 aliphatic rings. The molecular formula is C20H25FN2O3. The zero-order chi connectivity index (χ0) is 18.5. The Balaban J connectivity index is 1.56. The fourth-order valence-electron chi connectivity index (χ4n) is 3.31. The molecule has 0 unspecified atom stereocenters. The first-order valence-electron chi connectivity index (χ1n) is 8.77. The van der Waals surface area contributed by atoms with Gasteiger partial charge in [-0.3, -0.25) is 4.90 Å². The van der Waals surface area contributed by atoms with E-state index >= 15 is 0 Å². The minimum absolute atomic E-state index is 0.0287. The third-order valence-electron chi connectivity index (χ3n) is 4.75. The first-order chi connectivity index (χ1) is 12.6. The summed E-state index contributed by atoms with van der Waals surface area (Å²) in [7, 11) is 3.07. The van der Waals surface area contributed by atoms with Gasteiger partial charge in [-0.1, -0.05) is 0 Å². The molecule has 5 nitrogen and oxygen atoms in total.